The van der Waals surface area contributed by atoms with Gasteiger partial charge in [-0.3, -0.25) is 0 Å². The van der Waals surface area contributed by atoms with E-state index in [0.29, 0.717) is 5.92 Å². The number of nitrogens with zero attached hydrogens (tertiary/aromatic N) is 1. The maximum atomic E-state index is 10.1. The molecule has 0 aromatic heterocycles. The van der Waals surface area contributed by atoms with Gasteiger partial charge in [0.1, 0.15) is 0 Å². The third-order valence-corrected chi connectivity index (χ3v) is 3.89. The molecule has 0 radical (unpaired) electrons. The lowest BCUT2D eigenvalue weighted by Gasteiger charge is -2.48. The number of hydrogen-bond acceptors (Lipinski definition) is 3. The minimum absolute atomic E-state index is 0.163. The van der Waals surface area contributed by atoms with Gasteiger partial charge in [0.05, 0.1) is 11.7 Å². The standard InChI is InChI=1S/C12H23NO2/c1-13(2)9-11(14)10-4-7-15-12(8-10)5-3-6-12/h10-11,14H,3-9H2,1-2H3. The molecule has 1 spiro atoms. The van der Waals surface area contributed by atoms with Crippen LogP contribution in [0, 0.1) is 5.92 Å². The first kappa shape index (κ1) is 11.4. The third kappa shape index (κ3) is 2.52. The van der Waals surface area contributed by atoms with Crippen molar-refractivity contribution in [1.82, 2.24) is 4.90 Å². The highest BCUT2D eigenvalue weighted by Gasteiger charge is 2.43. The van der Waals surface area contributed by atoms with Gasteiger partial charge in [-0.15, -0.1) is 0 Å². The smallest absolute Gasteiger partial charge is 0.0696 e. The van der Waals surface area contributed by atoms with Crippen molar-refractivity contribution in [3.8, 4) is 0 Å². The highest BCUT2D eigenvalue weighted by atomic mass is 16.5. The normalized spacial score (nSPS) is 31.6. The van der Waals surface area contributed by atoms with Crippen molar-refractivity contribution >= 4 is 0 Å². The summed E-state index contributed by atoms with van der Waals surface area (Å²) in [5, 5.41) is 10.1. The molecule has 3 heteroatoms. The summed E-state index contributed by atoms with van der Waals surface area (Å²) < 4.78 is 5.86. The topological polar surface area (TPSA) is 32.7 Å². The lowest BCUT2D eigenvalue weighted by atomic mass is 9.71. The molecule has 2 fully saturated rings. The molecule has 1 N–H and O–H groups in total. The Morgan fingerprint density at radius 1 is 1.47 bits per heavy atom. The predicted octanol–water partition coefficient (Wildman–Crippen LogP) is 1.26. The van der Waals surface area contributed by atoms with E-state index in [2.05, 4.69) is 4.90 Å². The van der Waals surface area contributed by atoms with Gasteiger partial charge in [-0.25, -0.2) is 0 Å². The van der Waals surface area contributed by atoms with Gasteiger partial charge < -0.3 is 14.7 Å². The quantitative estimate of drug-likeness (QED) is 0.766. The Kier molecular flexibility index (Phi) is 3.33. The summed E-state index contributed by atoms with van der Waals surface area (Å²) in [5.74, 6) is 0.446. The van der Waals surface area contributed by atoms with Gasteiger partial charge in [0.2, 0.25) is 0 Å². The summed E-state index contributed by atoms with van der Waals surface area (Å²) in [6, 6.07) is 0. The van der Waals surface area contributed by atoms with Crippen molar-refractivity contribution in [2.45, 2.75) is 43.8 Å². The monoisotopic (exact) mass is 213 g/mol. The lowest BCUT2D eigenvalue weighted by molar-refractivity contribution is -0.157. The fraction of sp³-hybridized carbons (Fsp3) is 1.00. The number of aliphatic hydroxyl groups is 1. The zero-order valence-corrected chi connectivity index (χ0v) is 9.91. The molecule has 3 nitrogen and oxygen atoms in total. The van der Waals surface area contributed by atoms with Crippen LogP contribution in [0.2, 0.25) is 0 Å². The van der Waals surface area contributed by atoms with Crippen molar-refractivity contribution in [3.05, 3.63) is 0 Å². The third-order valence-electron chi connectivity index (χ3n) is 3.89. The van der Waals surface area contributed by atoms with Crippen LogP contribution < -0.4 is 0 Å². The number of ether oxygens (including phenoxy) is 1. The SMILES string of the molecule is CN(C)CC(O)C1CCOC2(CCC2)C1. The van der Waals surface area contributed by atoms with Gasteiger partial charge in [-0.05, 0) is 52.1 Å². The Labute approximate surface area is 92.4 Å². The van der Waals surface area contributed by atoms with Crippen molar-refractivity contribution in [2.75, 3.05) is 27.2 Å². The molecule has 1 aliphatic heterocycles. The number of likely N-dealkylation sites (N-methyl/N-ethyl adjacent to an activating group) is 1. The van der Waals surface area contributed by atoms with E-state index in [9.17, 15) is 5.11 Å². The van der Waals surface area contributed by atoms with E-state index in [4.69, 9.17) is 4.74 Å². The summed E-state index contributed by atoms with van der Waals surface area (Å²) in [7, 11) is 4.03. The van der Waals surface area contributed by atoms with E-state index >= 15 is 0 Å². The van der Waals surface area contributed by atoms with E-state index in [0.717, 1.165) is 26.0 Å². The van der Waals surface area contributed by atoms with Crippen molar-refractivity contribution in [2.24, 2.45) is 5.92 Å². The van der Waals surface area contributed by atoms with Gasteiger partial charge in [0.15, 0.2) is 0 Å². The molecule has 88 valence electrons. The lowest BCUT2D eigenvalue weighted by Crippen LogP contribution is -2.49. The average molecular weight is 213 g/mol. The van der Waals surface area contributed by atoms with E-state index in [1.807, 2.05) is 14.1 Å². The van der Waals surface area contributed by atoms with Gasteiger partial charge in [-0.2, -0.15) is 0 Å². The predicted molar refractivity (Wildman–Crippen MR) is 59.8 cm³/mol. The second-order valence-electron chi connectivity index (χ2n) is 5.47. The van der Waals surface area contributed by atoms with Gasteiger partial charge in [0, 0.05) is 13.2 Å². The van der Waals surface area contributed by atoms with Crippen LogP contribution in [0.3, 0.4) is 0 Å². The largest absolute Gasteiger partial charge is 0.392 e. The zero-order chi connectivity index (χ0) is 10.9. The molecule has 0 aromatic carbocycles. The number of hydrogen-bond donors (Lipinski definition) is 1. The van der Waals surface area contributed by atoms with Crippen LogP contribution in [-0.4, -0.2) is 49.0 Å². The van der Waals surface area contributed by atoms with Gasteiger partial charge >= 0.3 is 0 Å². The van der Waals surface area contributed by atoms with Crippen LogP contribution in [0.4, 0.5) is 0 Å². The highest BCUT2D eigenvalue weighted by Crippen LogP contribution is 2.44. The van der Waals surface area contributed by atoms with E-state index in [1.165, 1.54) is 19.3 Å². The molecule has 15 heavy (non-hydrogen) atoms. The van der Waals surface area contributed by atoms with Crippen molar-refractivity contribution in [3.63, 3.8) is 0 Å². The second kappa shape index (κ2) is 4.40. The first-order valence-electron chi connectivity index (χ1n) is 6.08. The fourth-order valence-electron chi connectivity index (χ4n) is 2.84. The molecular formula is C12H23NO2. The fourth-order valence-corrected chi connectivity index (χ4v) is 2.84. The Bertz CT molecular complexity index is 214. The summed E-state index contributed by atoms with van der Waals surface area (Å²) in [4.78, 5) is 2.06. The molecule has 1 saturated heterocycles. The summed E-state index contributed by atoms with van der Waals surface area (Å²) in [5.41, 5.74) is 0.163. The average Bonchev–Trinajstić information content (AvgIpc) is 2.14. The maximum absolute atomic E-state index is 10.1. The molecule has 2 atom stereocenters. The van der Waals surface area contributed by atoms with Crippen molar-refractivity contribution < 1.29 is 9.84 Å². The summed E-state index contributed by atoms with van der Waals surface area (Å²) in [6.07, 6.45) is 5.63. The number of aliphatic hydroxyl groups excluding tert-OH is 1. The van der Waals surface area contributed by atoms with Crippen molar-refractivity contribution in [1.29, 1.82) is 0 Å². The molecule has 2 aliphatic rings. The summed E-state index contributed by atoms with van der Waals surface area (Å²) >= 11 is 0. The Hall–Kier alpha value is -0.120. The van der Waals surface area contributed by atoms with Crippen LogP contribution in [0.15, 0.2) is 0 Å². The maximum Gasteiger partial charge on any atom is 0.0696 e. The van der Waals surface area contributed by atoms with Gasteiger partial charge in [-0.1, -0.05) is 0 Å². The van der Waals surface area contributed by atoms with Crippen LogP contribution in [0.5, 0.6) is 0 Å². The molecular weight excluding hydrogens is 190 g/mol. The molecule has 2 rings (SSSR count). The number of rotatable bonds is 3. The molecule has 2 unspecified atom stereocenters. The van der Waals surface area contributed by atoms with Crippen LogP contribution in [-0.2, 0) is 4.74 Å². The Morgan fingerprint density at radius 3 is 2.73 bits per heavy atom. The molecule has 1 saturated carbocycles. The zero-order valence-electron chi connectivity index (χ0n) is 9.91. The van der Waals surface area contributed by atoms with Gasteiger partial charge in [0.25, 0.3) is 0 Å². The van der Waals surface area contributed by atoms with Crippen LogP contribution in [0.25, 0.3) is 0 Å². The molecule has 0 bridgehead atoms. The Balaban J connectivity index is 1.86. The highest BCUT2D eigenvalue weighted by molar-refractivity contribution is 4.95. The van der Waals surface area contributed by atoms with E-state index in [1.54, 1.807) is 0 Å². The minimum atomic E-state index is -0.179. The summed E-state index contributed by atoms with van der Waals surface area (Å²) in [6.45, 7) is 1.62. The molecule has 1 heterocycles. The first-order chi connectivity index (χ1) is 7.11. The Morgan fingerprint density at radius 2 is 2.20 bits per heavy atom. The molecule has 0 amide bonds. The van der Waals surface area contributed by atoms with E-state index in [-0.39, 0.29) is 11.7 Å². The molecule has 1 aliphatic carbocycles. The minimum Gasteiger partial charge on any atom is -0.392 e. The second-order valence-corrected chi connectivity index (χ2v) is 5.47. The first-order valence-corrected chi connectivity index (χ1v) is 6.08. The van der Waals surface area contributed by atoms with Crippen LogP contribution in [0.1, 0.15) is 32.1 Å². The van der Waals surface area contributed by atoms with E-state index < -0.39 is 0 Å². The molecule has 0 aromatic rings. The van der Waals surface area contributed by atoms with Crippen LogP contribution >= 0.6 is 0 Å².